The maximum Gasteiger partial charge on any atom is 0.184 e. The average molecular weight is 504 g/mol. The summed E-state index contributed by atoms with van der Waals surface area (Å²) in [4.78, 5) is 14.5. The maximum atomic E-state index is 13.4. The number of hydrogen-bond acceptors (Lipinski definition) is 3. The molecule has 0 saturated carbocycles. The van der Waals surface area contributed by atoms with Crippen LogP contribution < -0.4 is 4.74 Å². The predicted octanol–water partition coefficient (Wildman–Crippen LogP) is 7.00. The molecule has 136 valence electrons. The van der Waals surface area contributed by atoms with Crippen molar-refractivity contribution in [3.8, 4) is 5.75 Å². The number of fused-ring (bicyclic) bond motifs is 1. The molecule has 2 atom stereocenters. The van der Waals surface area contributed by atoms with E-state index in [2.05, 4.69) is 63.0 Å². The van der Waals surface area contributed by atoms with Crippen LogP contribution in [0.4, 0.5) is 0 Å². The number of ketones is 1. The van der Waals surface area contributed by atoms with Crippen LogP contribution in [0.5, 0.6) is 5.75 Å². The van der Waals surface area contributed by atoms with Crippen molar-refractivity contribution in [3.63, 3.8) is 0 Å². The fourth-order valence-corrected chi connectivity index (χ4v) is 5.58. The molecule has 0 amide bonds. The number of carbonyl (C=O) groups is 1. The summed E-state index contributed by atoms with van der Waals surface area (Å²) in [5.74, 6) is 0.690. The second-order valence-electron chi connectivity index (χ2n) is 6.43. The first-order valence-corrected chi connectivity index (χ1v) is 11.0. The number of hydrogen-bond donors (Lipinski definition) is 0. The number of halogens is 2. The number of rotatable bonds is 3. The zero-order valence-electron chi connectivity index (χ0n) is 14.5. The van der Waals surface area contributed by atoms with E-state index in [1.807, 2.05) is 42.5 Å². The summed E-state index contributed by atoms with van der Waals surface area (Å²) in [6.07, 6.45) is -0.352. The second-order valence-corrected chi connectivity index (χ2v) is 9.41. The van der Waals surface area contributed by atoms with Gasteiger partial charge in [0.15, 0.2) is 5.78 Å². The first kappa shape index (κ1) is 18.8. The van der Waals surface area contributed by atoms with Crippen LogP contribution in [-0.4, -0.2) is 11.0 Å². The van der Waals surface area contributed by atoms with E-state index in [0.29, 0.717) is 11.3 Å². The lowest BCUT2D eigenvalue weighted by atomic mass is 9.96. The van der Waals surface area contributed by atoms with Crippen molar-refractivity contribution >= 4 is 49.4 Å². The number of benzene rings is 3. The van der Waals surface area contributed by atoms with Crippen molar-refractivity contribution < 1.29 is 9.53 Å². The van der Waals surface area contributed by atoms with Gasteiger partial charge < -0.3 is 4.74 Å². The van der Waals surface area contributed by atoms with Gasteiger partial charge in [-0.05, 0) is 52.7 Å². The minimum absolute atomic E-state index is 0.0812. The zero-order chi connectivity index (χ0) is 19.0. The lowest BCUT2D eigenvalue weighted by molar-refractivity contribution is 0.0865. The van der Waals surface area contributed by atoms with Gasteiger partial charge in [0.05, 0.1) is 10.0 Å². The number of aryl methyl sites for hydroxylation is 1. The number of carbonyl (C=O) groups excluding carboxylic acids is 1. The van der Waals surface area contributed by atoms with Crippen LogP contribution in [0.3, 0.4) is 0 Å². The molecule has 4 rings (SSSR count). The Hall–Kier alpha value is -1.56. The summed E-state index contributed by atoms with van der Waals surface area (Å²) in [5, 5.41) is -0.358. The smallest absolute Gasteiger partial charge is 0.184 e. The van der Waals surface area contributed by atoms with Gasteiger partial charge in [-0.1, -0.05) is 64.0 Å². The average Bonchev–Trinajstić information content (AvgIpc) is 2.66. The monoisotopic (exact) mass is 502 g/mol. The van der Waals surface area contributed by atoms with Gasteiger partial charge in [0, 0.05) is 9.37 Å². The Morgan fingerprint density at radius 2 is 1.67 bits per heavy atom. The van der Waals surface area contributed by atoms with Gasteiger partial charge in [-0.2, -0.15) is 0 Å². The molecule has 1 aliphatic heterocycles. The third-order valence-electron chi connectivity index (χ3n) is 4.46. The molecule has 5 heteroatoms. The molecule has 1 aliphatic rings. The number of thioether (sulfide) groups is 1. The van der Waals surface area contributed by atoms with Crippen LogP contribution in [0.2, 0.25) is 0 Å². The molecule has 0 N–H and O–H groups in total. The highest BCUT2D eigenvalue weighted by Gasteiger charge is 2.40. The Balaban J connectivity index is 1.79. The van der Waals surface area contributed by atoms with Crippen LogP contribution in [0.15, 0.2) is 80.6 Å². The summed E-state index contributed by atoms with van der Waals surface area (Å²) in [7, 11) is 0. The van der Waals surface area contributed by atoms with Crippen LogP contribution in [0, 0.1) is 6.92 Å². The van der Waals surface area contributed by atoms with Crippen LogP contribution >= 0.6 is 43.6 Å². The maximum absolute atomic E-state index is 13.4. The van der Waals surface area contributed by atoms with Gasteiger partial charge >= 0.3 is 0 Å². The first-order valence-electron chi connectivity index (χ1n) is 8.51. The Morgan fingerprint density at radius 1 is 0.963 bits per heavy atom. The van der Waals surface area contributed by atoms with Crippen molar-refractivity contribution in [2.24, 2.45) is 0 Å². The summed E-state index contributed by atoms with van der Waals surface area (Å²) in [6, 6.07) is 21.9. The molecule has 27 heavy (non-hydrogen) atoms. The Morgan fingerprint density at radius 3 is 2.37 bits per heavy atom. The molecular weight excluding hydrogens is 488 g/mol. The molecule has 0 radical (unpaired) electrons. The fraction of sp³-hybridized carbons (Fsp3) is 0.136. The van der Waals surface area contributed by atoms with E-state index in [1.54, 1.807) is 11.8 Å². The highest BCUT2D eigenvalue weighted by atomic mass is 79.9. The van der Waals surface area contributed by atoms with E-state index in [-0.39, 0.29) is 17.1 Å². The van der Waals surface area contributed by atoms with Gasteiger partial charge in [0.25, 0.3) is 0 Å². The molecule has 0 spiro atoms. The van der Waals surface area contributed by atoms with Crippen molar-refractivity contribution in [2.75, 3.05) is 0 Å². The van der Waals surface area contributed by atoms with E-state index in [0.717, 1.165) is 19.4 Å². The molecule has 3 aromatic rings. The minimum atomic E-state index is -0.358. The predicted molar refractivity (Wildman–Crippen MR) is 117 cm³/mol. The normalized spacial score (nSPS) is 18.7. The van der Waals surface area contributed by atoms with Crippen molar-refractivity contribution in [3.05, 3.63) is 92.4 Å². The SMILES string of the molecule is Cc1ccc(S[C@H]2C(=O)c3cc(Br)cc(Br)c3O[C@@H]2c2ccccc2)cc1. The second kappa shape index (κ2) is 7.82. The lowest BCUT2D eigenvalue weighted by Crippen LogP contribution is -2.34. The Labute approximate surface area is 179 Å². The molecule has 0 aromatic heterocycles. The fourth-order valence-electron chi connectivity index (χ4n) is 3.11. The van der Waals surface area contributed by atoms with Crippen LogP contribution in [0.25, 0.3) is 0 Å². The molecule has 2 nitrogen and oxygen atoms in total. The molecule has 0 unspecified atom stereocenters. The first-order chi connectivity index (χ1) is 13.0. The zero-order valence-corrected chi connectivity index (χ0v) is 18.5. The molecule has 0 saturated heterocycles. The molecule has 3 aromatic carbocycles. The van der Waals surface area contributed by atoms with Crippen LogP contribution in [-0.2, 0) is 0 Å². The van der Waals surface area contributed by atoms with Gasteiger partial charge in [-0.25, -0.2) is 0 Å². The number of Topliss-reactive ketones (excluding diaryl/α,β-unsaturated/α-hetero) is 1. The van der Waals surface area contributed by atoms with E-state index in [1.165, 1.54) is 5.56 Å². The van der Waals surface area contributed by atoms with Gasteiger partial charge in [-0.3, -0.25) is 4.79 Å². The Bertz CT molecular complexity index is 987. The van der Waals surface area contributed by atoms with E-state index in [9.17, 15) is 4.79 Å². The Kier molecular flexibility index (Phi) is 5.44. The van der Waals surface area contributed by atoms with E-state index < -0.39 is 0 Å². The third kappa shape index (κ3) is 3.86. The van der Waals surface area contributed by atoms with Gasteiger partial charge in [0.1, 0.15) is 17.1 Å². The molecule has 1 heterocycles. The lowest BCUT2D eigenvalue weighted by Gasteiger charge is -2.33. The van der Waals surface area contributed by atoms with Crippen molar-refractivity contribution in [1.29, 1.82) is 0 Å². The summed E-state index contributed by atoms with van der Waals surface area (Å²) in [5.41, 5.74) is 2.80. The summed E-state index contributed by atoms with van der Waals surface area (Å²) in [6.45, 7) is 2.06. The number of ether oxygens (including phenoxy) is 1. The highest BCUT2D eigenvalue weighted by molar-refractivity contribution is 9.11. The van der Waals surface area contributed by atoms with Crippen molar-refractivity contribution in [1.82, 2.24) is 0 Å². The van der Waals surface area contributed by atoms with Crippen molar-refractivity contribution in [2.45, 2.75) is 23.2 Å². The standard InChI is InChI=1S/C22H16Br2O2S/c1-13-7-9-16(10-8-13)27-22-19(25)17-11-15(23)12-18(24)21(17)26-20(22)14-5-3-2-4-6-14/h2-12,20,22H,1H3/t20-,22+/m1/s1. The van der Waals surface area contributed by atoms with E-state index in [4.69, 9.17) is 4.74 Å². The molecule has 0 fully saturated rings. The molecular formula is C22H16Br2O2S. The molecule has 0 aliphatic carbocycles. The van der Waals surface area contributed by atoms with E-state index >= 15 is 0 Å². The minimum Gasteiger partial charge on any atom is -0.482 e. The molecule has 0 bridgehead atoms. The highest BCUT2D eigenvalue weighted by Crippen LogP contribution is 2.46. The van der Waals surface area contributed by atoms with Gasteiger partial charge in [0.2, 0.25) is 0 Å². The third-order valence-corrected chi connectivity index (χ3v) is 6.77. The van der Waals surface area contributed by atoms with Crippen LogP contribution in [0.1, 0.15) is 27.6 Å². The quantitative estimate of drug-likeness (QED) is 0.385. The topological polar surface area (TPSA) is 26.3 Å². The largest absolute Gasteiger partial charge is 0.482 e. The summed E-state index contributed by atoms with van der Waals surface area (Å²) >= 11 is 8.57. The summed E-state index contributed by atoms with van der Waals surface area (Å²) < 4.78 is 8.00. The van der Waals surface area contributed by atoms with Gasteiger partial charge in [-0.15, -0.1) is 11.8 Å².